The Morgan fingerprint density at radius 3 is 2.33 bits per heavy atom. The molecular formula is C8H16O. The van der Waals surface area contributed by atoms with Gasteiger partial charge in [0.15, 0.2) is 0 Å². The van der Waals surface area contributed by atoms with Gasteiger partial charge in [-0.25, -0.2) is 0 Å². The highest BCUT2D eigenvalue weighted by Crippen LogP contribution is 2.47. The lowest BCUT2D eigenvalue weighted by molar-refractivity contribution is 0.0485. The lowest BCUT2D eigenvalue weighted by atomic mass is 9.61. The summed E-state index contributed by atoms with van der Waals surface area (Å²) >= 11 is 0. The highest BCUT2D eigenvalue weighted by atomic mass is 16.3. The van der Waals surface area contributed by atoms with Gasteiger partial charge in [0, 0.05) is 6.61 Å². The molecule has 9 heavy (non-hydrogen) atoms. The number of aliphatic hydroxyl groups is 1. The monoisotopic (exact) mass is 128 g/mol. The Hall–Kier alpha value is -0.0400. The third kappa shape index (κ3) is 1.26. The Morgan fingerprint density at radius 1 is 1.56 bits per heavy atom. The number of aliphatic hydroxyl groups excluding tert-OH is 1. The average Bonchev–Trinajstić information content (AvgIpc) is 1.81. The Bertz CT molecular complexity index is 96.7. The number of hydrogen-bond acceptors (Lipinski definition) is 1. The molecule has 0 heterocycles. The topological polar surface area (TPSA) is 20.2 Å². The first-order valence-corrected chi connectivity index (χ1v) is 3.77. The minimum atomic E-state index is 0.369. The van der Waals surface area contributed by atoms with E-state index in [1.54, 1.807) is 0 Å². The minimum absolute atomic E-state index is 0.369. The van der Waals surface area contributed by atoms with Crippen molar-refractivity contribution in [2.45, 2.75) is 33.1 Å². The predicted octanol–water partition coefficient (Wildman–Crippen LogP) is 1.81. The Balaban J connectivity index is 2.28. The molecule has 1 unspecified atom stereocenters. The summed E-state index contributed by atoms with van der Waals surface area (Å²) in [4.78, 5) is 0. The predicted molar refractivity (Wildman–Crippen MR) is 38.2 cm³/mol. The molecule has 0 aromatic carbocycles. The van der Waals surface area contributed by atoms with Gasteiger partial charge in [-0.3, -0.25) is 0 Å². The van der Waals surface area contributed by atoms with Crippen molar-refractivity contribution in [1.82, 2.24) is 0 Å². The highest BCUT2D eigenvalue weighted by Gasteiger charge is 2.37. The fourth-order valence-electron chi connectivity index (χ4n) is 1.62. The largest absolute Gasteiger partial charge is 0.396 e. The second-order valence-corrected chi connectivity index (χ2v) is 3.74. The van der Waals surface area contributed by atoms with Crippen LogP contribution in [0.1, 0.15) is 33.1 Å². The summed E-state index contributed by atoms with van der Waals surface area (Å²) < 4.78 is 0. The molecule has 0 bridgehead atoms. The summed E-state index contributed by atoms with van der Waals surface area (Å²) in [5, 5.41) is 8.63. The van der Waals surface area contributed by atoms with Gasteiger partial charge >= 0.3 is 0 Å². The van der Waals surface area contributed by atoms with Crippen LogP contribution in [0.4, 0.5) is 0 Å². The molecule has 1 aliphatic rings. The Labute approximate surface area is 57.1 Å². The second kappa shape index (κ2) is 2.30. The van der Waals surface area contributed by atoms with Crippen molar-refractivity contribution in [3.63, 3.8) is 0 Å². The van der Waals surface area contributed by atoms with Gasteiger partial charge in [0.1, 0.15) is 0 Å². The lowest BCUT2D eigenvalue weighted by Gasteiger charge is -2.44. The van der Waals surface area contributed by atoms with Gasteiger partial charge in [0.2, 0.25) is 0 Å². The molecule has 54 valence electrons. The Morgan fingerprint density at radius 2 is 2.22 bits per heavy atom. The Kier molecular flexibility index (Phi) is 1.80. The summed E-state index contributed by atoms with van der Waals surface area (Å²) in [6.07, 6.45) is 3.68. The maximum Gasteiger partial charge on any atom is 0.0433 e. The maximum atomic E-state index is 8.63. The summed E-state index contributed by atoms with van der Waals surface area (Å²) in [6, 6.07) is 0. The van der Waals surface area contributed by atoms with Gasteiger partial charge in [-0.05, 0) is 30.6 Å². The molecule has 1 fully saturated rings. The molecule has 0 aromatic rings. The van der Waals surface area contributed by atoms with Crippen molar-refractivity contribution in [3.8, 4) is 0 Å². The molecule has 1 nitrogen and oxygen atoms in total. The molecule has 0 aliphatic heterocycles. The summed E-state index contributed by atoms with van der Waals surface area (Å²) in [6.45, 7) is 4.95. The SMILES string of the molecule is CC1(C)CCC1CCO. The lowest BCUT2D eigenvalue weighted by Crippen LogP contribution is -2.34. The van der Waals surface area contributed by atoms with Gasteiger partial charge in [0.05, 0.1) is 0 Å². The van der Waals surface area contributed by atoms with E-state index in [4.69, 9.17) is 5.11 Å². The van der Waals surface area contributed by atoms with Crippen LogP contribution in [0.5, 0.6) is 0 Å². The third-order valence-corrected chi connectivity index (χ3v) is 2.72. The second-order valence-electron chi connectivity index (χ2n) is 3.74. The third-order valence-electron chi connectivity index (χ3n) is 2.72. The molecule has 1 aliphatic carbocycles. The van der Waals surface area contributed by atoms with Gasteiger partial charge < -0.3 is 5.11 Å². The molecule has 1 heteroatoms. The van der Waals surface area contributed by atoms with Gasteiger partial charge in [-0.1, -0.05) is 13.8 Å². The van der Waals surface area contributed by atoms with Gasteiger partial charge in [-0.2, -0.15) is 0 Å². The average molecular weight is 128 g/mol. The zero-order valence-corrected chi connectivity index (χ0v) is 6.35. The van der Waals surface area contributed by atoms with E-state index in [1.807, 2.05) is 0 Å². The first kappa shape index (κ1) is 7.07. The molecule has 0 radical (unpaired) electrons. The molecule has 1 rings (SSSR count). The van der Waals surface area contributed by atoms with Crippen LogP contribution in [0.25, 0.3) is 0 Å². The standard InChI is InChI=1S/C8H16O/c1-8(2)5-3-7(8)4-6-9/h7,9H,3-6H2,1-2H3. The van der Waals surface area contributed by atoms with Crippen LogP contribution >= 0.6 is 0 Å². The van der Waals surface area contributed by atoms with Crippen molar-refractivity contribution in [3.05, 3.63) is 0 Å². The van der Waals surface area contributed by atoms with Gasteiger partial charge in [0.25, 0.3) is 0 Å². The minimum Gasteiger partial charge on any atom is -0.396 e. The number of rotatable bonds is 2. The normalized spacial score (nSPS) is 31.7. The number of hydrogen-bond donors (Lipinski definition) is 1. The van der Waals surface area contributed by atoms with Crippen LogP contribution in [-0.4, -0.2) is 11.7 Å². The molecule has 1 atom stereocenters. The van der Waals surface area contributed by atoms with Gasteiger partial charge in [-0.15, -0.1) is 0 Å². The first-order valence-electron chi connectivity index (χ1n) is 3.77. The van der Waals surface area contributed by atoms with Crippen LogP contribution in [0.15, 0.2) is 0 Å². The fraction of sp³-hybridized carbons (Fsp3) is 1.00. The van der Waals surface area contributed by atoms with E-state index in [0.717, 1.165) is 12.3 Å². The van der Waals surface area contributed by atoms with Crippen LogP contribution in [0.2, 0.25) is 0 Å². The zero-order valence-electron chi connectivity index (χ0n) is 6.35. The van der Waals surface area contributed by atoms with Crippen LogP contribution in [0, 0.1) is 11.3 Å². The quantitative estimate of drug-likeness (QED) is 0.601. The molecule has 1 saturated carbocycles. The van der Waals surface area contributed by atoms with Crippen LogP contribution in [0.3, 0.4) is 0 Å². The van der Waals surface area contributed by atoms with E-state index in [0.29, 0.717) is 12.0 Å². The van der Waals surface area contributed by atoms with E-state index in [1.165, 1.54) is 12.8 Å². The summed E-state index contributed by atoms with van der Waals surface area (Å²) in [5.74, 6) is 0.794. The van der Waals surface area contributed by atoms with E-state index in [2.05, 4.69) is 13.8 Å². The van der Waals surface area contributed by atoms with Crippen molar-refractivity contribution in [1.29, 1.82) is 0 Å². The summed E-state index contributed by atoms with van der Waals surface area (Å²) in [7, 11) is 0. The van der Waals surface area contributed by atoms with Crippen molar-refractivity contribution >= 4 is 0 Å². The van der Waals surface area contributed by atoms with E-state index < -0.39 is 0 Å². The van der Waals surface area contributed by atoms with Crippen molar-refractivity contribution in [2.75, 3.05) is 6.61 Å². The molecular weight excluding hydrogens is 112 g/mol. The van der Waals surface area contributed by atoms with E-state index in [9.17, 15) is 0 Å². The summed E-state index contributed by atoms with van der Waals surface area (Å²) in [5.41, 5.74) is 0.530. The van der Waals surface area contributed by atoms with Crippen LogP contribution < -0.4 is 0 Å². The molecule has 0 saturated heterocycles. The van der Waals surface area contributed by atoms with Crippen LogP contribution in [-0.2, 0) is 0 Å². The molecule has 0 aromatic heterocycles. The molecule has 1 N–H and O–H groups in total. The van der Waals surface area contributed by atoms with E-state index in [-0.39, 0.29) is 0 Å². The van der Waals surface area contributed by atoms with E-state index >= 15 is 0 Å². The maximum absolute atomic E-state index is 8.63. The molecule has 0 amide bonds. The fourth-order valence-corrected chi connectivity index (χ4v) is 1.62. The first-order chi connectivity index (χ1) is 4.17. The van der Waals surface area contributed by atoms with Crippen molar-refractivity contribution in [2.24, 2.45) is 11.3 Å². The van der Waals surface area contributed by atoms with Crippen molar-refractivity contribution < 1.29 is 5.11 Å². The zero-order chi connectivity index (χ0) is 6.91. The highest BCUT2D eigenvalue weighted by molar-refractivity contribution is 4.87. The molecule has 0 spiro atoms. The smallest absolute Gasteiger partial charge is 0.0433 e.